The van der Waals surface area contributed by atoms with Crippen LogP contribution in [0.25, 0.3) is 0 Å². The first-order valence-electron chi connectivity index (χ1n) is 5.71. The Morgan fingerprint density at radius 2 is 2.06 bits per heavy atom. The van der Waals surface area contributed by atoms with Crippen LogP contribution in [0, 0.1) is 0 Å². The standard InChI is InChI=1S/C12H17NO2S2/c1-17(14,15)12-6-4-10(5-7-12)13-9-11-3-2-8-16-11/h4-7,11,13H,2-3,8-9H2,1H3. The summed E-state index contributed by atoms with van der Waals surface area (Å²) in [6.45, 7) is 0.961. The number of anilines is 1. The molecule has 1 aliphatic rings. The van der Waals surface area contributed by atoms with Gasteiger partial charge in [-0.05, 0) is 42.9 Å². The van der Waals surface area contributed by atoms with Crippen molar-refractivity contribution >= 4 is 27.3 Å². The second kappa shape index (κ2) is 5.31. The first-order chi connectivity index (χ1) is 8.05. The van der Waals surface area contributed by atoms with Crippen LogP contribution in [0.3, 0.4) is 0 Å². The largest absolute Gasteiger partial charge is 0.384 e. The first-order valence-corrected chi connectivity index (χ1v) is 8.65. The first kappa shape index (κ1) is 12.8. The summed E-state index contributed by atoms with van der Waals surface area (Å²) in [5.74, 6) is 1.26. The highest BCUT2D eigenvalue weighted by atomic mass is 32.2. The number of nitrogens with one attached hydrogen (secondary N) is 1. The van der Waals surface area contributed by atoms with Crippen LogP contribution in [-0.2, 0) is 9.84 Å². The lowest BCUT2D eigenvalue weighted by molar-refractivity contribution is 0.602. The Bertz CT molecular complexity index is 462. The molecular weight excluding hydrogens is 254 g/mol. The van der Waals surface area contributed by atoms with E-state index >= 15 is 0 Å². The molecule has 1 aromatic carbocycles. The molecule has 0 bridgehead atoms. The summed E-state index contributed by atoms with van der Waals surface area (Å²) >= 11 is 2.01. The Labute approximate surface area is 107 Å². The summed E-state index contributed by atoms with van der Waals surface area (Å²) in [6, 6.07) is 6.96. The molecule has 0 aliphatic carbocycles. The fourth-order valence-corrected chi connectivity index (χ4v) is 3.69. The van der Waals surface area contributed by atoms with E-state index in [4.69, 9.17) is 0 Å². The van der Waals surface area contributed by atoms with Gasteiger partial charge in [0.1, 0.15) is 0 Å². The smallest absolute Gasteiger partial charge is 0.175 e. The summed E-state index contributed by atoms with van der Waals surface area (Å²) in [4.78, 5) is 0.373. The molecule has 0 saturated carbocycles. The van der Waals surface area contributed by atoms with Gasteiger partial charge < -0.3 is 5.32 Å². The average Bonchev–Trinajstić information content (AvgIpc) is 2.78. The molecule has 1 fully saturated rings. The Balaban J connectivity index is 1.94. The summed E-state index contributed by atoms with van der Waals surface area (Å²) < 4.78 is 22.6. The van der Waals surface area contributed by atoms with Crippen molar-refractivity contribution in [2.75, 3.05) is 23.9 Å². The van der Waals surface area contributed by atoms with Crippen LogP contribution in [0.5, 0.6) is 0 Å². The van der Waals surface area contributed by atoms with Crippen molar-refractivity contribution in [2.45, 2.75) is 23.0 Å². The Kier molecular flexibility index (Phi) is 3.99. The normalized spacial score (nSPS) is 20.4. The van der Waals surface area contributed by atoms with Gasteiger partial charge in [0, 0.05) is 23.7 Å². The van der Waals surface area contributed by atoms with Gasteiger partial charge in [0.25, 0.3) is 0 Å². The Hall–Kier alpha value is -0.680. The molecule has 0 radical (unpaired) electrons. The lowest BCUT2D eigenvalue weighted by atomic mass is 10.2. The van der Waals surface area contributed by atoms with E-state index in [2.05, 4.69) is 5.32 Å². The van der Waals surface area contributed by atoms with Gasteiger partial charge in [0.15, 0.2) is 9.84 Å². The van der Waals surface area contributed by atoms with E-state index in [1.807, 2.05) is 23.9 Å². The minimum Gasteiger partial charge on any atom is -0.384 e. The molecule has 0 spiro atoms. The van der Waals surface area contributed by atoms with Crippen molar-refractivity contribution in [3.05, 3.63) is 24.3 Å². The molecule has 0 amide bonds. The minimum absolute atomic E-state index is 0.373. The molecule has 1 aromatic rings. The van der Waals surface area contributed by atoms with Crippen LogP contribution < -0.4 is 5.32 Å². The highest BCUT2D eigenvalue weighted by Crippen LogP contribution is 2.26. The molecule has 3 nitrogen and oxygen atoms in total. The molecule has 1 heterocycles. The highest BCUT2D eigenvalue weighted by Gasteiger charge is 2.14. The van der Waals surface area contributed by atoms with E-state index in [0.717, 1.165) is 12.2 Å². The van der Waals surface area contributed by atoms with Gasteiger partial charge >= 0.3 is 0 Å². The summed E-state index contributed by atoms with van der Waals surface area (Å²) in [6.07, 6.45) is 3.81. The lowest BCUT2D eigenvalue weighted by Crippen LogP contribution is -2.13. The molecule has 94 valence electrons. The number of thioether (sulfide) groups is 1. The van der Waals surface area contributed by atoms with Crippen LogP contribution in [-0.4, -0.2) is 32.2 Å². The van der Waals surface area contributed by atoms with E-state index in [0.29, 0.717) is 10.1 Å². The van der Waals surface area contributed by atoms with Crippen molar-refractivity contribution in [3.8, 4) is 0 Å². The second-order valence-corrected chi connectivity index (χ2v) is 7.74. The van der Waals surface area contributed by atoms with Crippen LogP contribution in [0.4, 0.5) is 5.69 Å². The topological polar surface area (TPSA) is 46.2 Å². The van der Waals surface area contributed by atoms with E-state index < -0.39 is 9.84 Å². The molecular formula is C12H17NO2S2. The summed E-state index contributed by atoms with van der Waals surface area (Å²) in [5.41, 5.74) is 0.991. The third-order valence-electron chi connectivity index (χ3n) is 2.84. The van der Waals surface area contributed by atoms with Gasteiger partial charge in [-0.25, -0.2) is 8.42 Å². The molecule has 1 aliphatic heterocycles. The number of sulfone groups is 1. The summed E-state index contributed by atoms with van der Waals surface area (Å²) in [5, 5.41) is 4.05. The monoisotopic (exact) mass is 271 g/mol. The molecule has 1 atom stereocenters. The number of rotatable bonds is 4. The van der Waals surface area contributed by atoms with Crippen molar-refractivity contribution in [1.82, 2.24) is 0 Å². The zero-order valence-electron chi connectivity index (χ0n) is 9.85. The van der Waals surface area contributed by atoms with Crippen molar-refractivity contribution in [3.63, 3.8) is 0 Å². The van der Waals surface area contributed by atoms with Crippen LogP contribution in [0.15, 0.2) is 29.2 Å². The van der Waals surface area contributed by atoms with Gasteiger partial charge in [0.2, 0.25) is 0 Å². The van der Waals surface area contributed by atoms with Gasteiger partial charge in [-0.2, -0.15) is 11.8 Å². The second-order valence-electron chi connectivity index (χ2n) is 4.31. The van der Waals surface area contributed by atoms with E-state index in [1.54, 1.807) is 12.1 Å². The molecule has 1 unspecified atom stereocenters. The highest BCUT2D eigenvalue weighted by molar-refractivity contribution is 8.00. The summed E-state index contributed by atoms with van der Waals surface area (Å²) in [7, 11) is -3.08. The predicted octanol–water partition coefficient (Wildman–Crippen LogP) is 2.40. The lowest BCUT2D eigenvalue weighted by Gasteiger charge is -2.11. The third-order valence-corrected chi connectivity index (χ3v) is 5.37. The van der Waals surface area contributed by atoms with Gasteiger partial charge in [-0.1, -0.05) is 0 Å². The zero-order valence-corrected chi connectivity index (χ0v) is 11.5. The maximum absolute atomic E-state index is 11.3. The SMILES string of the molecule is CS(=O)(=O)c1ccc(NCC2CCCS2)cc1. The van der Waals surface area contributed by atoms with Gasteiger partial charge in [0.05, 0.1) is 4.90 Å². The molecule has 2 rings (SSSR count). The molecule has 1 saturated heterocycles. The van der Waals surface area contributed by atoms with Gasteiger partial charge in [-0.3, -0.25) is 0 Å². The minimum atomic E-state index is -3.08. The number of benzene rings is 1. The van der Waals surface area contributed by atoms with Crippen LogP contribution in [0.2, 0.25) is 0 Å². The van der Waals surface area contributed by atoms with Crippen LogP contribution >= 0.6 is 11.8 Å². The fourth-order valence-electron chi connectivity index (χ4n) is 1.86. The van der Waals surface area contributed by atoms with E-state index in [-0.39, 0.29) is 0 Å². The van der Waals surface area contributed by atoms with Crippen LogP contribution in [0.1, 0.15) is 12.8 Å². The molecule has 1 N–H and O–H groups in total. The quantitative estimate of drug-likeness (QED) is 0.913. The van der Waals surface area contributed by atoms with Crippen molar-refractivity contribution in [1.29, 1.82) is 0 Å². The van der Waals surface area contributed by atoms with E-state index in [1.165, 1.54) is 24.9 Å². The maximum atomic E-state index is 11.3. The van der Waals surface area contributed by atoms with Crippen molar-refractivity contribution in [2.24, 2.45) is 0 Å². The fraction of sp³-hybridized carbons (Fsp3) is 0.500. The van der Waals surface area contributed by atoms with Crippen molar-refractivity contribution < 1.29 is 8.42 Å². The van der Waals surface area contributed by atoms with E-state index in [9.17, 15) is 8.42 Å². The maximum Gasteiger partial charge on any atom is 0.175 e. The third kappa shape index (κ3) is 3.64. The number of hydrogen-bond donors (Lipinski definition) is 1. The zero-order chi connectivity index (χ0) is 12.3. The molecule has 0 aromatic heterocycles. The average molecular weight is 271 g/mol. The Morgan fingerprint density at radius 1 is 1.35 bits per heavy atom. The Morgan fingerprint density at radius 3 is 2.59 bits per heavy atom. The number of hydrogen-bond acceptors (Lipinski definition) is 4. The molecule has 5 heteroatoms. The van der Waals surface area contributed by atoms with Gasteiger partial charge in [-0.15, -0.1) is 0 Å². The predicted molar refractivity (Wildman–Crippen MR) is 73.5 cm³/mol. The molecule has 17 heavy (non-hydrogen) atoms.